The highest BCUT2D eigenvalue weighted by molar-refractivity contribution is 5.84. The molecule has 2 saturated heterocycles. The normalized spacial score (nSPS) is 18.3. The summed E-state index contributed by atoms with van der Waals surface area (Å²) in [6, 6.07) is 10.7. The van der Waals surface area contributed by atoms with Gasteiger partial charge in [-0.2, -0.15) is 9.97 Å². The molecule has 2 fully saturated rings. The van der Waals surface area contributed by atoms with E-state index in [0.717, 1.165) is 63.1 Å². The molecular weight excluding hydrogens is 362 g/mol. The van der Waals surface area contributed by atoms with Gasteiger partial charge in [-0.25, -0.2) is 9.97 Å². The summed E-state index contributed by atoms with van der Waals surface area (Å²) in [5.41, 5.74) is 2.89. The number of fused-ring (bicyclic) bond motifs is 1. The van der Waals surface area contributed by atoms with Crippen molar-refractivity contribution in [3.05, 3.63) is 48.3 Å². The third-order valence-electron chi connectivity index (χ3n) is 5.86. The minimum Gasteiger partial charge on any atom is -0.355 e. The van der Waals surface area contributed by atoms with Crippen LogP contribution in [-0.4, -0.2) is 64.1 Å². The van der Waals surface area contributed by atoms with E-state index in [-0.39, 0.29) is 0 Å². The number of hydrogen-bond acceptors (Lipinski definition) is 7. The second-order valence-electron chi connectivity index (χ2n) is 7.87. The summed E-state index contributed by atoms with van der Waals surface area (Å²) in [6.07, 6.45) is 7.16. The fourth-order valence-corrected chi connectivity index (χ4v) is 4.25. The van der Waals surface area contributed by atoms with E-state index < -0.39 is 0 Å². The molecule has 0 radical (unpaired) electrons. The zero-order valence-electron chi connectivity index (χ0n) is 16.7. The molecule has 2 aromatic heterocycles. The quantitative estimate of drug-likeness (QED) is 0.680. The maximum absolute atomic E-state index is 4.98. The number of piperazine rings is 1. The Morgan fingerprint density at radius 3 is 2.28 bits per heavy atom. The number of anilines is 2. The monoisotopic (exact) mass is 389 g/mol. The van der Waals surface area contributed by atoms with Gasteiger partial charge in [0.1, 0.15) is 0 Å². The number of benzene rings is 1. The van der Waals surface area contributed by atoms with E-state index in [4.69, 9.17) is 9.97 Å². The lowest BCUT2D eigenvalue weighted by molar-refractivity contribution is 0.249. The van der Waals surface area contributed by atoms with Gasteiger partial charge in [-0.1, -0.05) is 30.3 Å². The molecule has 0 N–H and O–H groups in total. The average Bonchev–Trinajstić information content (AvgIpc) is 2.80. The minimum atomic E-state index is 0.699. The number of rotatable bonds is 4. The molecule has 5 rings (SSSR count). The van der Waals surface area contributed by atoms with Crippen LogP contribution < -0.4 is 9.80 Å². The van der Waals surface area contributed by atoms with Gasteiger partial charge in [0.05, 0.1) is 0 Å². The highest BCUT2D eigenvalue weighted by Crippen LogP contribution is 2.26. The first-order valence-electron chi connectivity index (χ1n) is 10.6. The summed E-state index contributed by atoms with van der Waals surface area (Å²) in [5, 5.41) is 0. The van der Waals surface area contributed by atoms with Crippen LogP contribution in [0.3, 0.4) is 0 Å². The third kappa shape index (κ3) is 4.00. The Hall–Kier alpha value is -2.80. The molecule has 0 saturated carbocycles. The van der Waals surface area contributed by atoms with Crippen molar-refractivity contribution in [1.29, 1.82) is 0 Å². The lowest BCUT2D eigenvalue weighted by Crippen LogP contribution is -2.46. The predicted octanol–water partition coefficient (Wildman–Crippen LogP) is 2.73. The van der Waals surface area contributed by atoms with Gasteiger partial charge in [-0.05, 0) is 24.8 Å². The van der Waals surface area contributed by atoms with Gasteiger partial charge in [0.15, 0.2) is 17.0 Å². The van der Waals surface area contributed by atoms with Crippen LogP contribution in [0.1, 0.15) is 24.8 Å². The van der Waals surface area contributed by atoms with Crippen LogP contribution in [0.2, 0.25) is 0 Å². The molecule has 150 valence electrons. The van der Waals surface area contributed by atoms with Crippen molar-refractivity contribution in [2.75, 3.05) is 49.1 Å². The molecule has 7 nitrogen and oxygen atoms in total. The summed E-state index contributed by atoms with van der Waals surface area (Å²) in [7, 11) is 0. The van der Waals surface area contributed by atoms with Crippen LogP contribution in [0.5, 0.6) is 0 Å². The smallest absolute Gasteiger partial charge is 0.229 e. The summed E-state index contributed by atoms with van der Waals surface area (Å²) < 4.78 is 0. The molecule has 4 heterocycles. The average molecular weight is 390 g/mol. The van der Waals surface area contributed by atoms with E-state index in [2.05, 4.69) is 55.0 Å². The lowest BCUT2D eigenvalue weighted by atomic mass is 10.1. The van der Waals surface area contributed by atoms with Crippen molar-refractivity contribution in [1.82, 2.24) is 24.8 Å². The van der Waals surface area contributed by atoms with Crippen molar-refractivity contribution in [3.63, 3.8) is 0 Å². The van der Waals surface area contributed by atoms with Crippen LogP contribution >= 0.6 is 0 Å². The molecule has 2 aliphatic rings. The summed E-state index contributed by atoms with van der Waals surface area (Å²) >= 11 is 0. The topological polar surface area (TPSA) is 61.3 Å². The Bertz CT molecular complexity index is 948. The highest BCUT2D eigenvalue weighted by Gasteiger charge is 2.23. The summed E-state index contributed by atoms with van der Waals surface area (Å²) in [5.74, 6) is 1.74. The zero-order chi connectivity index (χ0) is 19.5. The largest absolute Gasteiger partial charge is 0.355 e. The fourth-order valence-electron chi connectivity index (χ4n) is 4.25. The van der Waals surface area contributed by atoms with Gasteiger partial charge in [0, 0.05) is 58.2 Å². The molecule has 3 aromatic rings. The second kappa shape index (κ2) is 8.29. The van der Waals surface area contributed by atoms with Crippen molar-refractivity contribution in [3.8, 4) is 0 Å². The number of aromatic nitrogens is 4. The molecule has 0 amide bonds. The molecule has 0 aliphatic carbocycles. The van der Waals surface area contributed by atoms with Gasteiger partial charge < -0.3 is 9.80 Å². The summed E-state index contributed by atoms with van der Waals surface area (Å²) in [6.45, 7) is 6.94. The van der Waals surface area contributed by atoms with Gasteiger partial charge in [0.25, 0.3) is 0 Å². The van der Waals surface area contributed by atoms with Crippen molar-refractivity contribution < 1.29 is 0 Å². The highest BCUT2D eigenvalue weighted by atomic mass is 15.3. The molecular formula is C22H27N7. The summed E-state index contributed by atoms with van der Waals surface area (Å²) in [4.78, 5) is 25.9. The van der Waals surface area contributed by atoms with Gasteiger partial charge in [0.2, 0.25) is 5.95 Å². The molecule has 29 heavy (non-hydrogen) atoms. The number of piperidine rings is 1. The first kappa shape index (κ1) is 18.2. The number of nitrogens with zero attached hydrogens (tertiary/aromatic N) is 7. The Kier molecular flexibility index (Phi) is 5.21. The van der Waals surface area contributed by atoms with E-state index in [1.807, 2.05) is 0 Å². The van der Waals surface area contributed by atoms with Crippen molar-refractivity contribution in [2.24, 2.45) is 0 Å². The molecule has 0 spiro atoms. The van der Waals surface area contributed by atoms with Crippen molar-refractivity contribution >= 4 is 22.9 Å². The Labute approximate surface area is 171 Å². The van der Waals surface area contributed by atoms with Gasteiger partial charge in [-0.15, -0.1) is 0 Å². The molecule has 7 heteroatoms. The SMILES string of the molecule is c1ccc(CN2CCN(c3nc(N4CCCCC4)c4nccnc4n3)CC2)cc1. The second-order valence-corrected chi connectivity index (χ2v) is 7.87. The zero-order valence-corrected chi connectivity index (χ0v) is 16.7. The van der Waals surface area contributed by atoms with Crippen LogP contribution in [0.4, 0.5) is 11.8 Å². The minimum absolute atomic E-state index is 0.699. The van der Waals surface area contributed by atoms with E-state index >= 15 is 0 Å². The maximum Gasteiger partial charge on any atom is 0.229 e. The van der Waals surface area contributed by atoms with E-state index in [1.165, 1.54) is 24.8 Å². The molecule has 2 aliphatic heterocycles. The van der Waals surface area contributed by atoms with Crippen LogP contribution in [0.15, 0.2) is 42.7 Å². The predicted molar refractivity (Wildman–Crippen MR) is 115 cm³/mol. The fraction of sp³-hybridized carbons (Fsp3) is 0.455. The van der Waals surface area contributed by atoms with Crippen molar-refractivity contribution in [2.45, 2.75) is 25.8 Å². The van der Waals surface area contributed by atoms with E-state index in [0.29, 0.717) is 5.65 Å². The van der Waals surface area contributed by atoms with E-state index in [1.54, 1.807) is 12.4 Å². The lowest BCUT2D eigenvalue weighted by Gasteiger charge is -2.35. The number of hydrogen-bond donors (Lipinski definition) is 0. The van der Waals surface area contributed by atoms with E-state index in [9.17, 15) is 0 Å². The Morgan fingerprint density at radius 1 is 0.724 bits per heavy atom. The van der Waals surface area contributed by atoms with Gasteiger partial charge in [-0.3, -0.25) is 4.90 Å². The van der Waals surface area contributed by atoms with Crippen LogP contribution in [0.25, 0.3) is 11.2 Å². The van der Waals surface area contributed by atoms with Crippen LogP contribution in [-0.2, 0) is 6.54 Å². The Balaban J connectivity index is 1.35. The first-order valence-corrected chi connectivity index (χ1v) is 10.6. The standard InChI is InChI=1S/C22H27N7/c1-3-7-18(8-4-1)17-27-13-15-29(16-14-27)22-25-20-19(23-9-10-24-20)21(26-22)28-11-5-2-6-12-28/h1,3-4,7-10H,2,5-6,11-17H2. The molecule has 1 aromatic carbocycles. The molecule has 0 unspecified atom stereocenters. The van der Waals surface area contributed by atoms with Gasteiger partial charge >= 0.3 is 0 Å². The Morgan fingerprint density at radius 2 is 1.48 bits per heavy atom. The first-order chi connectivity index (χ1) is 14.4. The molecule has 0 atom stereocenters. The van der Waals surface area contributed by atoms with Crippen LogP contribution in [0, 0.1) is 0 Å². The molecule has 0 bridgehead atoms. The third-order valence-corrected chi connectivity index (χ3v) is 5.86. The maximum atomic E-state index is 4.98.